The van der Waals surface area contributed by atoms with Gasteiger partial charge in [-0.2, -0.15) is 0 Å². The molecule has 1 fully saturated rings. The summed E-state index contributed by atoms with van der Waals surface area (Å²) in [5.74, 6) is -0.167. The molecule has 0 radical (unpaired) electrons. The lowest BCUT2D eigenvalue weighted by molar-refractivity contribution is -0.146. The van der Waals surface area contributed by atoms with Crippen molar-refractivity contribution in [2.75, 3.05) is 43.4 Å². The lowest BCUT2D eigenvalue weighted by Crippen LogP contribution is -2.44. The molecule has 2 aromatic carbocycles. The van der Waals surface area contributed by atoms with Gasteiger partial charge in [0.15, 0.2) is 0 Å². The minimum absolute atomic E-state index is 0.167. The highest BCUT2D eigenvalue weighted by molar-refractivity contribution is 5.80. The van der Waals surface area contributed by atoms with Crippen molar-refractivity contribution in [1.29, 1.82) is 0 Å². The molecule has 2 heterocycles. The van der Waals surface area contributed by atoms with Crippen molar-refractivity contribution in [2.45, 2.75) is 31.9 Å². The van der Waals surface area contributed by atoms with Crippen molar-refractivity contribution < 1.29 is 9.53 Å². The van der Waals surface area contributed by atoms with Crippen molar-refractivity contribution in [3.8, 4) is 0 Å². The number of aryl methyl sites for hydroxylation is 1. The summed E-state index contributed by atoms with van der Waals surface area (Å²) < 4.78 is 5.55. The van der Waals surface area contributed by atoms with Gasteiger partial charge < -0.3 is 19.9 Å². The Kier molecular flexibility index (Phi) is 5.81. The van der Waals surface area contributed by atoms with E-state index in [4.69, 9.17) is 4.74 Å². The third kappa shape index (κ3) is 4.47. The zero-order chi connectivity index (χ0) is 19.3. The van der Waals surface area contributed by atoms with Crippen LogP contribution < -0.4 is 10.2 Å². The number of ether oxygens (including phenoxy) is 1. The fraction of sp³-hybridized carbons (Fsp3) is 0.435. The summed E-state index contributed by atoms with van der Waals surface area (Å²) in [6.07, 6.45) is 2.77. The van der Waals surface area contributed by atoms with E-state index in [1.807, 2.05) is 30.3 Å². The number of fused-ring (bicyclic) bond motifs is 1. The molecule has 1 unspecified atom stereocenters. The van der Waals surface area contributed by atoms with Crippen molar-refractivity contribution in [2.24, 2.45) is 0 Å². The first kappa shape index (κ1) is 18.8. The average molecular weight is 380 g/mol. The maximum absolute atomic E-state index is 12.6. The van der Waals surface area contributed by atoms with E-state index in [-0.39, 0.29) is 12.0 Å². The van der Waals surface area contributed by atoms with Crippen LogP contribution in [-0.4, -0.2) is 50.1 Å². The Morgan fingerprint density at radius 3 is 2.68 bits per heavy atom. The second-order valence-electron chi connectivity index (χ2n) is 7.81. The molecule has 5 heteroatoms. The van der Waals surface area contributed by atoms with E-state index in [1.54, 1.807) is 0 Å². The van der Waals surface area contributed by atoms with Gasteiger partial charge in [0.25, 0.3) is 0 Å². The van der Waals surface area contributed by atoms with Crippen LogP contribution in [0.15, 0.2) is 48.5 Å². The molecule has 0 bridgehead atoms. The maximum atomic E-state index is 12.6. The summed E-state index contributed by atoms with van der Waals surface area (Å²) in [5, 5.41) is 3.43. The Bertz CT molecular complexity index is 801. The predicted molar refractivity (Wildman–Crippen MR) is 113 cm³/mol. The molecule has 4 rings (SSSR count). The summed E-state index contributed by atoms with van der Waals surface area (Å²) in [6.45, 7) is 4.66. The van der Waals surface area contributed by atoms with Gasteiger partial charge in [0, 0.05) is 37.6 Å². The number of carbonyl (C=O) groups is 1. The number of likely N-dealkylation sites (N-methyl/N-ethyl adjacent to an activating group) is 1. The summed E-state index contributed by atoms with van der Waals surface area (Å²) in [5.41, 5.74) is 4.67. The summed E-state index contributed by atoms with van der Waals surface area (Å²) in [7, 11) is 2.18. The number of rotatable bonds is 4. The van der Waals surface area contributed by atoms with Gasteiger partial charge in [0.1, 0.15) is 12.6 Å². The number of benzene rings is 2. The summed E-state index contributed by atoms with van der Waals surface area (Å²) in [6, 6.07) is 16.2. The maximum Gasteiger partial charge on any atom is 0.328 e. The third-order valence-corrected chi connectivity index (χ3v) is 5.73. The lowest BCUT2D eigenvalue weighted by atomic mass is 10.1. The lowest BCUT2D eigenvalue weighted by Gasteiger charge is -2.34. The number of nitrogens with one attached hydrogen (secondary N) is 1. The second-order valence-corrected chi connectivity index (χ2v) is 7.81. The van der Waals surface area contributed by atoms with E-state index in [9.17, 15) is 4.79 Å². The van der Waals surface area contributed by atoms with Crippen LogP contribution in [0.5, 0.6) is 0 Å². The van der Waals surface area contributed by atoms with Crippen LogP contribution in [0, 0.1) is 0 Å². The Labute approximate surface area is 167 Å². The number of hydrogen-bond donors (Lipinski definition) is 1. The monoisotopic (exact) mass is 379 g/mol. The van der Waals surface area contributed by atoms with E-state index in [2.05, 4.69) is 40.4 Å². The molecule has 0 aliphatic carbocycles. The molecule has 1 saturated heterocycles. The molecule has 0 aromatic heterocycles. The number of esters is 1. The van der Waals surface area contributed by atoms with Gasteiger partial charge in [-0.3, -0.25) is 0 Å². The normalized spacial score (nSPS) is 20.0. The highest BCUT2D eigenvalue weighted by atomic mass is 16.5. The number of hydrogen-bond acceptors (Lipinski definition) is 5. The minimum atomic E-state index is -0.278. The Morgan fingerprint density at radius 1 is 1.11 bits per heavy atom. The van der Waals surface area contributed by atoms with Crippen molar-refractivity contribution in [3.05, 3.63) is 59.7 Å². The highest BCUT2D eigenvalue weighted by Gasteiger charge is 2.24. The molecule has 28 heavy (non-hydrogen) atoms. The first-order valence-corrected chi connectivity index (χ1v) is 10.2. The molecule has 0 spiro atoms. The SMILES string of the molecule is CN1CCN(c2ccc3c(c2)CCCC(C(=O)OCc2ccccc2)N3)CC1. The van der Waals surface area contributed by atoms with Gasteiger partial charge in [0.2, 0.25) is 0 Å². The standard InChI is InChI=1S/C23H29N3O2/c1-25-12-14-26(15-13-25)20-10-11-21-19(16-20)8-5-9-22(24-21)23(27)28-17-18-6-3-2-4-7-18/h2-4,6-7,10-11,16,22,24H,5,8-9,12-15,17H2,1H3. The number of anilines is 2. The number of piperazine rings is 1. The van der Waals surface area contributed by atoms with Gasteiger partial charge in [-0.1, -0.05) is 30.3 Å². The van der Waals surface area contributed by atoms with E-state index in [1.165, 1.54) is 11.3 Å². The molecular formula is C23H29N3O2. The van der Waals surface area contributed by atoms with E-state index in [0.717, 1.165) is 56.7 Å². The number of carbonyl (C=O) groups excluding carboxylic acids is 1. The molecule has 0 saturated carbocycles. The molecule has 2 aliphatic heterocycles. The van der Waals surface area contributed by atoms with E-state index < -0.39 is 0 Å². The second kappa shape index (κ2) is 8.65. The fourth-order valence-corrected chi connectivity index (χ4v) is 3.95. The van der Waals surface area contributed by atoms with Gasteiger partial charge >= 0.3 is 5.97 Å². The summed E-state index contributed by atoms with van der Waals surface area (Å²) in [4.78, 5) is 17.4. The van der Waals surface area contributed by atoms with Crippen LogP contribution in [-0.2, 0) is 22.6 Å². The topological polar surface area (TPSA) is 44.8 Å². The predicted octanol–water partition coefficient (Wildman–Crippen LogP) is 3.30. The molecule has 148 valence electrons. The summed E-state index contributed by atoms with van der Waals surface area (Å²) >= 11 is 0. The van der Waals surface area contributed by atoms with Crippen LogP contribution in [0.3, 0.4) is 0 Å². The Morgan fingerprint density at radius 2 is 1.89 bits per heavy atom. The minimum Gasteiger partial charge on any atom is -0.459 e. The van der Waals surface area contributed by atoms with Crippen molar-refractivity contribution in [3.63, 3.8) is 0 Å². The molecule has 2 aliphatic rings. The first-order valence-electron chi connectivity index (χ1n) is 10.2. The molecule has 2 aromatic rings. The van der Waals surface area contributed by atoms with Crippen LogP contribution in [0.4, 0.5) is 11.4 Å². The van der Waals surface area contributed by atoms with Crippen LogP contribution >= 0.6 is 0 Å². The van der Waals surface area contributed by atoms with Crippen LogP contribution in [0.2, 0.25) is 0 Å². The third-order valence-electron chi connectivity index (χ3n) is 5.73. The highest BCUT2D eigenvalue weighted by Crippen LogP contribution is 2.29. The van der Waals surface area contributed by atoms with Crippen LogP contribution in [0.1, 0.15) is 24.0 Å². The molecule has 0 amide bonds. The Balaban J connectivity index is 1.40. The van der Waals surface area contributed by atoms with E-state index >= 15 is 0 Å². The van der Waals surface area contributed by atoms with Gasteiger partial charge in [-0.15, -0.1) is 0 Å². The van der Waals surface area contributed by atoms with Crippen molar-refractivity contribution in [1.82, 2.24) is 4.90 Å². The molecule has 1 atom stereocenters. The molecular weight excluding hydrogens is 350 g/mol. The number of nitrogens with zero attached hydrogens (tertiary/aromatic N) is 2. The average Bonchev–Trinajstić information content (AvgIpc) is 2.95. The smallest absolute Gasteiger partial charge is 0.328 e. The zero-order valence-electron chi connectivity index (χ0n) is 16.6. The quantitative estimate of drug-likeness (QED) is 0.826. The largest absolute Gasteiger partial charge is 0.459 e. The van der Waals surface area contributed by atoms with Crippen molar-refractivity contribution >= 4 is 17.3 Å². The fourth-order valence-electron chi connectivity index (χ4n) is 3.95. The Hall–Kier alpha value is -2.53. The van der Waals surface area contributed by atoms with Crippen LogP contribution in [0.25, 0.3) is 0 Å². The molecule has 5 nitrogen and oxygen atoms in total. The first-order chi connectivity index (χ1) is 13.7. The van der Waals surface area contributed by atoms with E-state index in [0.29, 0.717) is 6.61 Å². The van der Waals surface area contributed by atoms with Gasteiger partial charge in [-0.25, -0.2) is 4.79 Å². The van der Waals surface area contributed by atoms with Gasteiger partial charge in [0.05, 0.1) is 0 Å². The molecule has 1 N–H and O–H groups in total. The zero-order valence-corrected chi connectivity index (χ0v) is 16.6. The van der Waals surface area contributed by atoms with Gasteiger partial charge in [-0.05, 0) is 55.6 Å².